The lowest BCUT2D eigenvalue weighted by molar-refractivity contribution is -0.286. The van der Waals surface area contributed by atoms with E-state index in [9.17, 15) is 68.3 Å². The van der Waals surface area contributed by atoms with Crippen molar-refractivity contribution in [3.05, 3.63) is 0 Å². The molecule has 0 spiro atoms. The van der Waals surface area contributed by atoms with Crippen LogP contribution >= 0.6 is 15.6 Å². The Morgan fingerprint density at radius 3 is 0.922 bits per heavy atom. The first-order chi connectivity index (χ1) is 62.3. The molecule has 14 atom stereocenters. The van der Waals surface area contributed by atoms with Crippen molar-refractivity contribution in [2.45, 2.75) is 589 Å². The van der Waals surface area contributed by atoms with Crippen LogP contribution in [0.5, 0.6) is 0 Å². The zero-order valence-corrected chi connectivity index (χ0v) is 83.7. The number of phosphoric ester groups is 2. The molecule has 3 amide bonds. The average molecular weight is 1880 g/mol. The fourth-order valence-electron chi connectivity index (χ4n) is 17.8. The Hall–Kier alpha value is -3.24. The summed E-state index contributed by atoms with van der Waals surface area (Å²) < 4.78 is 74.4. The minimum absolute atomic E-state index is 0.0964. The number of hydrogen-bond acceptors (Lipinski definition) is 20. The van der Waals surface area contributed by atoms with E-state index in [-0.39, 0.29) is 38.5 Å². The predicted molar refractivity (Wildman–Crippen MR) is 510 cm³/mol. The van der Waals surface area contributed by atoms with Gasteiger partial charge in [-0.15, -0.1) is 0 Å². The van der Waals surface area contributed by atoms with Crippen LogP contribution in [0.1, 0.15) is 504 Å². The molecule has 129 heavy (non-hydrogen) atoms. The van der Waals surface area contributed by atoms with Crippen molar-refractivity contribution >= 4 is 51.3 Å². The van der Waals surface area contributed by atoms with E-state index < -0.39 is 176 Å². The van der Waals surface area contributed by atoms with Crippen LogP contribution in [0.25, 0.3) is 0 Å². The summed E-state index contributed by atoms with van der Waals surface area (Å²) >= 11 is 0. The highest BCUT2D eigenvalue weighted by molar-refractivity contribution is 7.46. The van der Waals surface area contributed by atoms with E-state index in [4.69, 9.17) is 37.5 Å². The van der Waals surface area contributed by atoms with Crippen LogP contribution < -0.4 is 16.0 Å². The second-order valence-corrected chi connectivity index (χ2v) is 40.2. The van der Waals surface area contributed by atoms with Gasteiger partial charge in [0.1, 0.15) is 48.7 Å². The van der Waals surface area contributed by atoms with Crippen LogP contribution in [0.3, 0.4) is 0 Å². The molecule has 0 saturated carbocycles. The quantitative estimate of drug-likeness (QED) is 0.0117. The molecule has 2 aliphatic rings. The fourth-order valence-corrected chi connectivity index (χ4v) is 18.8. The highest BCUT2D eigenvalue weighted by Crippen LogP contribution is 2.44. The number of amides is 3. The number of carbonyl (C=O) groups is 6. The molecule has 0 aromatic carbocycles. The topological polar surface area (TPSA) is 408 Å². The minimum atomic E-state index is -5.68. The van der Waals surface area contributed by atoms with Crippen molar-refractivity contribution < 1.29 is 115 Å². The lowest BCUT2D eigenvalue weighted by atomic mass is 9.92. The fraction of sp³-hybridized carbons (Fsp3) is 0.940. The van der Waals surface area contributed by atoms with E-state index >= 15 is 9.59 Å². The van der Waals surface area contributed by atoms with Crippen LogP contribution in [-0.4, -0.2) is 174 Å². The number of nitrogens with one attached hydrogen (secondary N) is 3. The van der Waals surface area contributed by atoms with E-state index in [0.717, 1.165) is 244 Å². The third-order valence-corrected chi connectivity index (χ3v) is 26.5. The first kappa shape index (κ1) is 122. The van der Waals surface area contributed by atoms with Gasteiger partial charge in [-0.25, -0.2) is 9.13 Å². The Bertz CT molecular complexity index is 2830. The molecule has 0 unspecified atom stereocenters. The molecule has 0 bridgehead atoms. The largest absolute Gasteiger partial charge is 0.472 e. The number of ether oxygens (including phenoxy) is 6. The Labute approximate surface area is 781 Å². The number of aliphatic hydroxyl groups excluding tert-OH is 4. The molecule has 2 aliphatic heterocycles. The van der Waals surface area contributed by atoms with Gasteiger partial charge in [-0.05, 0) is 51.4 Å². The van der Waals surface area contributed by atoms with Gasteiger partial charge in [0.05, 0.1) is 57.1 Å². The molecule has 2 fully saturated rings. The summed E-state index contributed by atoms with van der Waals surface area (Å²) in [6.45, 7) is 11.1. The molecule has 2 rings (SSSR count). The molecular formula is C100H191N3O24P2. The molecule has 2 heterocycles. The number of phosphoric acid groups is 2. The molecule has 0 radical (unpaired) electrons. The van der Waals surface area contributed by atoms with Gasteiger partial charge in [0, 0.05) is 12.8 Å². The third-order valence-electron chi connectivity index (χ3n) is 25.5. The minimum Gasteiger partial charge on any atom is -0.462 e. The number of esters is 3. The summed E-state index contributed by atoms with van der Waals surface area (Å²) in [6.07, 6.45) is 45.0. The molecule has 0 aromatic heterocycles. The van der Waals surface area contributed by atoms with Crippen LogP contribution in [0, 0.1) is 0 Å². The van der Waals surface area contributed by atoms with Gasteiger partial charge in [-0.3, -0.25) is 37.8 Å². The monoisotopic (exact) mass is 1880 g/mol. The summed E-state index contributed by atoms with van der Waals surface area (Å²) in [7, 11) is -11.3. The lowest BCUT2D eigenvalue weighted by Gasteiger charge is -2.47. The molecule has 0 aromatic rings. The molecule has 11 N–H and O–H groups in total. The summed E-state index contributed by atoms with van der Waals surface area (Å²) in [5.74, 6) is -4.68. The standard InChI is InChI=1S/C100H191N3O24P2/c1-7-13-19-25-31-37-39-41-43-49-55-61-67-73-90(110)121-83(71-65-59-53-47-35-29-23-17-11-5)77-88(108)101-93-94(102-89(109)78-84(72-66-60-54-48-36-30-24-18-12-6)122-91(111)74-68-62-56-50-44-42-40-38-32-26-20-14-8-2)99(123-85(79-104)97(93)126-128(114,115)116)120-80-86-96(113)98(125-92(112)76-82(106)70-64-58-52-46-34-28-22-16-10-4)95(100(124-86)127-129(117,118)119)103-87(107)75-81(105)69-63-57-51-45-33-27-21-15-9-3/h81-86,93-100,104-106,113H,7-80H2,1-6H3,(H,101,108)(H,102,109)(H,103,107)(H2,114,115,116)(H2,117,118,119)/t81-,82-,83-,84-,85-,86-,93-,94-,95-,96-,97-,98-,99-,100-/m1/s1. The van der Waals surface area contributed by atoms with Crippen molar-refractivity contribution in [1.82, 2.24) is 16.0 Å². The Balaban J connectivity index is 2.82. The zero-order chi connectivity index (χ0) is 94.7. The summed E-state index contributed by atoms with van der Waals surface area (Å²) in [4.78, 5) is 129. The van der Waals surface area contributed by atoms with Gasteiger partial charge in [0.2, 0.25) is 17.7 Å². The SMILES string of the molecule is CCCCCCCCCCCCCCCC(=O)O[C@H](CCCCCCCCCCC)CC(=O)N[C@@H]1[C@@H](NC(=O)C[C@@H](CCCCCCCCCCC)OC(=O)CCCCCCCCCCCCCCC)[C@H](OC[C@H]2O[C@H](OP(=O)(O)O)[C@H](NC(=O)C[C@H](O)CCCCCCCCCCC)[C@@H](OC(=O)C[C@H](O)CCCCCCCCCCC)[C@@H]2O)O[C@H](CO)[C@H]1OP(=O)(O)O. The van der Waals surface area contributed by atoms with Gasteiger partial charge in [0.25, 0.3) is 0 Å². The first-order valence-electron chi connectivity index (χ1n) is 52.8. The number of rotatable bonds is 90. The second kappa shape index (κ2) is 80.8. The van der Waals surface area contributed by atoms with E-state index in [1.54, 1.807) is 0 Å². The van der Waals surface area contributed by atoms with Gasteiger partial charge in [-0.2, -0.15) is 0 Å². The average Bonchev–Trinajstić information content (AvgIpc) is 0.769. The van der Waals surface area contributed by atoms with Crippen molar-refractivity contribution in [3.8, 4) is 0 Å². The highest BCUT2D eigenvalue weighted by atomic mass is 31.2. The van der Waals surface area contributed by atoms with Gasteiger partial charge in [-0.1, -0.05) is 414 Å². The van der Waals surface area contributed by atoms with Crippen LogP contribution in [0.4, 0.5) is 0 Å². The van der Waals surface area contributed by atoms with Crippen LogP contribution in [0.2, 0.25) is 0 Å². The van der Waals surface area contributed by atoms with Gasteiger partial charge < -0.3 is 84.4 Å². The smallest absolute Gasteiger partial charge is 0.462 e. The van der Waals surface area contributed by atoms with Crippen molar-refractivity contribution in [2.24, 2.45) is 0 Å². The number of unbranched alkanes of at least 4 members (excludes halogenated alkanes) is 56. The first-order valence-corrected chi connectivity index (χ1v) is 55.9. The maximum absolute atomic E-state index is 15.3. The van der Waals surface area contributed by atoms with Crippen LogP contribution in [0.15, 0.2) is 0 Å². The van der Waals surface area contributed by atoms with Crippen molar-refractivity contribution in [1.29, 1.82) is 0 Å². The normalized spacial score (nSPS) is 20.0. The second-order valence-electron chi connectivity index (χ2n) is 37.8. The maximum Gasteiger partial charge on any atom is 0.472 e. The van der Waals surface area contributed by atoms with Gasteiger partial charge in [0.15, 0.2) is 18.7 Å². The number of aliphatic hydroxyl groups is 4. The summed E-state index contributed by atoms with van der Waals surface area (Å²) in [5.41, 5.74) is 0. The molecule has 0 aliphatic carbocycles. The van der Waals surface area contributed by atoms with E-state index in [0.29, 0.717) is 38.5 Å². The number of carbonyl (C=O) groups excluding carboxylic acids is 6. The van der Waals surface area contributed by atoms with Crippen LogP contribution in [-0.2, 0) is 75.4 Å². The molecule has 760 valence electrons. The maximum atomic E-state index is 15.3. The summed E-state index contributed by atoms with van der Waals surface area (Å²) in [6, 6.07) is -5.57. The molecule has 29 heteroatoms. The van der Waals surface area contributed by atoms with E-state index in [1.807, 2.05) is 0 Å². The Kier molecular flexibility index (Phi) is 76.3. The Morgan fingerprint density at radius 1 is 0.318 bits per heavy atom. The van der Waals surface area contributed by atoms with Gasteiger partial charge >= 0.3 is 33.6 Å². The Morgan fingerprint density at radius 2 is 0.597 bits per heavy atom. The van der Waals surface area contributed by atoms with Crippen molar-refractivity contribution in [2.75, 3.05) is 13.2 Å². The van der Waals surface area contributed by atoms with Crippen molar-refractivity contribution in [3.63, 3.8) is 0 Å². The molecule has 2 saturated heterocycles. The van der Waals surface area contributed by atoms with E-state index in [1.165, 1.54) is 116 Å². The lowest BCUT2D eigenvalue weighted by Crippen LogP contribution is -2.70. The zero-order valence-electron chi connectivity index (χ0n) is 81.9. The highest BCUT2D eigenvalue weighted by Gasteiger charge is 2.54. The number of hydrogen-bond donors (Lipinski definition) is 11. The predicted octanol–water partition coefficient (Wildman–Crippen LogP) is 22.5. The molecule has 27 nitrogen and oxygen atoms in total. The molecular weight excluding hydrogens is 1690 g/mol. The van der Waals surface area contributed by atoms with E-state index in [2.05, 4.69) is 57.5 Å². The third kappa shape index (κ3) is 66.8. The summed E-state index contributed by atoms with van der Waals surface area (Å²) in [5, 5.41) is 54.6.